The second kappa shape index (κ2) is 4.88. The normalized spacial score (nSPS) is 25.7. The van der Waals surface area contributed by atoms with Crippen LogP contribution in [-0.2, 0) is 4.84 Å². The summed E-state index contributed by atoms with van der Waals surface area (Å²) < 4.78 is 0. The van der Waals surface area contributed by atoms with Crippen LogP contribution in [0.1, 0.15) is 29.6 Å². The van der Waals surface area contributed by atoms with E-state index in [0.717, 1.165) is 12.8 Å². The van der Waals surface area contributed by atoms with Crippen LogP contribution in [0.25, 0.3) is 0 Å². The van der Waals surface area contributed by atoms with Crippen molar-refractivity contribution in [3.8, 4) is 0 Å². The van der Waals surface area contributed by atoms with Crippen molar-refractivity contribution in [2.24, 2.45) is 5.92 Å². The van der Waals surface area contributed by atoms with Gasteiger partial charge in [0, 0.05) is 16.9 Å². The predicted octanol–water partition coefficient (Wildman–Crippen LogP) is 2.49. The fourth-order valence-corrected chi connectivity index (χ4v) is 2.63. The van der Waals surface area contributed by atoms with E-state index in [4.69, 9.17) is 4.84 Å². The summed E-state index contributed by atoms with van der Waals surface area (Å²) in [5.74, 6) is 0.00136. The highest BCUT2D eigenvalue weighted by atomic mass is 16.9. The Labute approximate surface area is 111 Å². The van der Waals surface area contributed by atoms with Crippen LogP contribution >= 0.6 is 0 Å². The van der Waals surface area contributed by atoms with Gasteiger partial charge in [0.15, 0.2) is 0 Å². The molecule has 0 aromatic heterocycles. The van der Waals surface area contributed by atoms with Crippen LogP contribution in [-0.4, -0.2) is 22.5 Å². The first-order valence-corrected chi connectivity index (χ1v) is 6.52. The zero-order valence-corrected chi connectivity index (χ0v) is 10.5. The maximum atomic E-state index is 12.3. The number of benzene rings is 1. The average Bonchev–Trinajstić information content (AvgIpc) is 2.47. The minimum Gasteiger partial charge on any atom is -0.395 e. The minimum absolute atomic E-state index is 0.182. The molecule has 0 amide bonds. The quantitative estimate of drug-likeness (QED) is 0.464. The molecule has 2 unspecified atom stereocenters. The fourth-order valence-electron chi connectivity index (χ4n) is 2.63. The van der Waals surface area contributed by atoms with Gasteiger partial charge in [0.25, 0.3) is 11.5 Å². The molecule has 0 radical (unpaired) electrons. The number of rotatable bonds is 2. The number of carbonyl (C=O) groups excluding carboxylic acids is 1. The standard InChI is InChI=1S/C15H15NO3/c17-15(11-6-2-1-3-7-11)13-10-12-8-4-5-9-14(12)19-16(13)18/h1-3,5-7,9,12,14H,4,8,10H2. The van der Waals surface area contributed by atoms with E-state index in [9.17, 15) is 10.0 Å². The second-order valence-corrected chi connectivity index (χ2v) is 4.94. The molecule has 0 bridgehead atoms. The Morgan fingerprint density at radius 2 is 2.11 bits per heavy atom. The molecule has 0 saturated carbocycles. The van der Waals surface area contributed by atoms with Crippen molar-refractivity contribution in [1.29, 1.82) is 0 Å². The molecule has 19 heavy (non-hydrogen) atoms. The molecule has 1 heterocycles. The van der Waals surface area contributed by atoms with Crippen LogP contribution in [0.15, 0.2) is 42.5 Å². The predicted molar refractivity (Wildman–Crippen MR) is 70.8 cm³/mol. The van der Waals surface area contributed by atoms with Crippen LogP contribution in [0.4, 0.5) is 0 Å². The molecular formula is C15H15NO3. The van der Waals surface area contributed by atoms with Gasteiger partial charge in [-0.25, -0.2) is 0 Å². The van der Waals surface area contributed by atoms with Gasteiger partial charge in [0.1, 0.15) is 0 Å². The van der Waals surface area contributed by atoms with Crippen molar-refractivity contribution in [3.63, 3.8) is 0 Å². The van der Waals surface area contributed by atoms with Crippen LogP contribution in [0.2, 0.25) is 0 Å². The Bertz CT molecular complexity index is 548. The van der Waals surface area contributed by atoms with Crippen molar-refractivity contribution in [1.82, 2.24) is 0 Å². The van der Waals surface area contributed by atoms with Crippen molar-refractivity contribution < 1.29 is 14.5 Å². The van der Waals surface area contributed by atoms with Gasteiger partial charge in [-0.05, 0) is 18.8 Å². The first-order chi connectivity index (χ1) is 9.25. The van der Waals surface area contributed by atoms with Gasteiger partial charge in [-0.15, -0.1) is 0 Å². The Kier molecular flexibility index (Phi) is 3.07. The van der Waals surface area contributed by atoms with Crippen molar-refractivity contribution >= 4 is 11.5 Å². The number of Topliss-reactive ketones (excluding diaryl/α,β-unsaturated/α-hetero) is 1. The largest absolute Gasteiger partial charge is 0.395 e. The number of allylic oxidation sites excluding steroid dienone is 1. The SMILES string of the molecule is O=C(C1=[N+]([O-])OC2C=CCCC2C1)c1ccccc1. The third kappa shape index (κ3) is 2.26. The lowest BCUT2D eigenvalue weighted by Gasteiger charge is -2.32. The minimum atomic E-state index is -0.233. The number of hydrogen-bond acceptors (Lipinski definition) is 3. The highest BCUT2D eigenvalue weighted by Crippen LogP contribution is 2.29. The smallest absolute Gasteiger partial charge is 0.292 e. The summed E-state index contributed by atoms with van der Waals surface area (Å²) in [5.41, 5.74) is 0.745. The highest BCUT2D eigenvalue weighted by Gasteiger charge is 2.36. The molecule has 2 aliphatic rings. The van der Waals surface area contributed by atoms with Crippen LogP contribution in [0, 0.1) is 11.1 Å². The molecule has 1 aliphatic carbocycles. The Morgan fingerprint density at radius 1 is 1.32 bits per heavy atom. The van der Waals surface area contributed by atoms with Gasteiger partial charge in [-0.3, -0.25) is 10.0 Å². The van der Waals surface area contributed by atoms with E-state index in [2.05, 4.69) is 0 Å². The highest BCUT2D eigenvalue weighted by molar-refractivity contribution is 6.44. The van der Waals surface area contributed by atoms with Gasteiger partial charge >= 0.3 is 0 Å². The van der Waals surface area contributed by atoms with Crippen LogP contribution in [0.5, 0.6) is 0 Å². The monoisotopic (exact) mass is 257 g/mol. The van der Waals surface area contributed by atoms with Gasteiger partial charge in [0.2, 0.25) is 0 Å². The number of carbonyl (C=O) groups is 1. The van der Waals surface area contributed by atoms with E-state index in [0.29, 0.717) is 16.9 Å². The van der Waals surface area contributed by atoms with Crippen molar-refractivity contribution in [2.75, 3.05) is 0 Å². The summed E-state index contributed by atoms with van der Waals surface area (Å²) in [5, 5.41) is 11.9. The fraction of sp³-hybridized carbons (Fsp3) is 0.333. The first-order valence-electron chi connectivity index (χ1n) is 6.52. The van der Waals surface area contributed by atoms with Crippen LogP contribution < -0.4 is 0 Å². The Morgan fingerprint density at radius 3 is 2.89 bits per heavy atom. The van der Waals surface area contributed by atoms with E-state index >= 15 is 0 Å². The summed E-state index contributed by atoms with van der Waals surface area (Å²) >= 11 is 0. The summed E-state index contributed by atoms with van der Waals surface area (Å²) in [6, 6.07) is 8.86. The van der Waals surface area contributed by atoms with Gasteiger partial charge in [0.05, 0.1) is 6.10 Å². The molecule has 1 aromatic carbocycles. The maximum absolute atomic E-state index is 12.3. The zero-order valence-electron chi connectivity index (χ0n) is 10.5. The number of ketones is 1. The lowest BCUT2D eigenvalue weighted by Crippen LogP contribution is -2.40. The van der Waals surface area contributed by atoms with Crippen molar-refractivity contribution in [2.45, 2.75) is 25.4 Å². The van der Waals surface area contributed by atoms with Gasteiger partial charge in [-0.1, -0.05) is 42.5 Å². The summed E-state index contributed by atoms with van der Waals surface area (Å²) in [6.07, 6.45) is 6.20. The number of nitrogens with zero attached hydrogens (tertiary/aromatic N) is 1. The van der Waals surface area contributed by atoms with E-state index in [1.54, 1.807) is 24.3 Å². The topological polar surface area (TPSA) is 52.4 Å². The second-order valence-electron chi connectivity index (χ2n) is 4.94. The molecule has 2 atom stereocenters. The summed E-state index contributed by atoms with van der Waals surface area (Å²) in [6.45, 7) is 0. The van der Waals surface area contributed by atoms with Gasteiger partial charge in [-0.2, -0.15) is 0 Å². The average molecular weight is 257 g/mol. The Hall–Kier alpha value is -2.10. The molecule has 0 spiro atoms. The molecule has 0 fully saturated rings. The number of hydrogen-bond donors (Lipinski definition) is 0. The third-order valence-electron chi connectivity index (χ3n) is 3.69. The number of fused-ring (bicyclic) bond motifs is 1. The maximum Gasteiger partial charge on any atom is 0.292 e. The molecule has 1 aliphatic heterocycles. The molecule has 0 N–H and O–H groups in total. The molecule has 1 aromatic rings. The third-order valence-corrected chi connectivity index (χ3v) is 3.69. The molecule has 98 valence electrons. The molecular weight excluding hydrogens is 242 g/mol. The molecule has 0 saturated heterocycles. The van der Waals surface area contributed by atoms with E-state index < -0.39 is 0 Å². The lowest BCUT2D eigenvalue weighted by atomic mass is 9.85. The summed E-state index contributed by atoms with van der Waals surface area (Å²) in [7, 11) is 0. The van der Waals surface area contributed by atoms with E-state index in [-0.39, 0.29) is 23.5 Å². The zero-order chi connectivity index (χ0) is 13.2. The van der Waals surface area contributed by atoms with Crippen molar-refractivity contribution in [3.05, 3.63) is 53.3 Å². The lowest BCUT2D eigenvalue weighted by molar-refractivity contribution is -0.756. The van der Waals surface area contributed by atoms with Crippen LogP contribution in [0.3, 0.4) is 0 Å². The molecule has 4 heteroatoms. The van der Waals surface area contributed by atoms with E-state index in [1.165, 1.54) is 0 Å². The van der Waals surface area contributed by atoms with Gasteiger partial charge < -0.3 is 4.84 Å². The summed E-state index contributed by atoms with van der Waals surface area (Å²) in [4.78, 5) is 18.0. The Balaban J connectivity index is 1.88. The molecule has 4 nitrogen and oxygen atoms in total. The molecule has 3 rings (SSSR count). The van der Waals surface area contributed by atoms with E-state index in [1.807, 2.05) is 18.2 Å². The first kappa shape index (κ1) is 12.0.